The summed E-state index contributed by atoms with van der Waals surface area (Å²) in [5, 5.41) is 13.2. The van der Waals surface area contributed by atoms with Gasteiger partial charge in [-0.05, 0) is 18.4 Å². The van der Waals surface area contributed by atoms with Gasteiger partial charge in [-0.1, -0.05) is 13.8 Å². The zero-order valence-electron chi connectivity index (χ0n) is 12.3. The van der Waals surface area contributed by atoms with Crippen LogP contribution in [0.25, 0.3) is 0 Å². The maximum atomic E-state index is 13.9. The second kappa shape index (κ2) is 7.68. The van der Waals surface area contributed by atoms with E-state index in [-0.39, 0.29) is 23.4 Å². The first-order valence-corrected chi connectivity index (χ1v) is 6.63. The molecule has 0 bridgehead atoms. The summed E-state index contributed by atoms with van der Waals surface area (Å²) in [5.74, 6) is -1.05. The molecule has 0 spiro atoms. The maximum absolute atomic E-state index is 13.9. The Bertz CT molecular complexity index is 532. The Labute approximate surface area is 122 Å². The van der Waals surface area contributed by atoms with Crippen molar-refractivity contribution >= 4 is 11.6 Å². The van der Waals surface area contributed by atoms with E-state index in [2.05, 4.69) is 5.32 Å². The number of carbonyl (C=O) groups is 1. The summed E-state index contributed by atoms with van der Waals surface area (Å²) in [6.07, 6.45) is 0. The summed E-state index contributed by atoms with van der Waals surface area (Å²) in [5.41, 5.74) is -0.578. The first-order valence-electron chi connectivity index (χ1n) is 6.63. The highest BCUT2D eigenvalue weighted by Gasteiger charge is 2.19. The van der Waals surface area contributed by atoms with Crippen LogP contribution in [0.5, 0.6) is 0 Å². The van der Waals surface area contributed by atoms with Gasteiger partial charge in [-0.3, -0.25) is 14.9 Å². The van der Waals surface area contributed by atoms with Crippen molar-refractivity contribution in [2.24, 2.45) is 5.92 Å². The first-order chi connectivity index (χ1) is 9.82. The van der Waals surface area contributed by atoms with Gasteiger partial charge in [0.25, 0.3) is 11.6 Å². The minimum atomic E-state index is -0.749. The SMILES string of the molecule is Cc1cc([N+](=O)[O-])cc(C(=O)NCCOCC(C)C)c1F. The van der Waals surface area contributed by atoms with Crippen LogP contribution >= 0.6 is 0 Å². The van der Waals surface area contributed by atoms with E-state index in [0.29, 0.717) is 19.1 Å². The number of nitrogens with zero attached hydrogens (tertiary/aromatic N) is 1. The Balaban J connectivity index is 2.67. The van der Waals surface area contributed by atoms with Crippen molar-refractivity contribution in [3.05, 3.63) is 39.2 Å². The Morgan fingerprint density at radius 1 is 1.48 bits per heavy atom. The van der Waals surface area contributed by atoms with Crippen molar-refractivity contribution in [1.29, 1.82) is 0 Å². The molecule has 1 rings (SSSR count). The first kappa shape index (κ1) is 17.0. The van der Waals surface area contributed by atoms with Gasteiger partial charge >= 0.3 is 0 Å². The number of nitro groups is 1. The predicted octanol–water partition coefficient (Wildman–Crippen LogP) is 2.44. The van der Waals surface area contributed by atoms with Gasteiger partial charge in [0.1, 0.15) is 5.82 Å². The van der Waals surface area contributed by atoms with Crippen molar-refractivity contribution in [2.75, 3.05) is 19.8 Å². The van der Waals surface area contributed by atoms with Crippen LogP contribution < -0.4 is 5.32 Å². The zero-order valence-corrected chi connectivity index (χ0v) is 12.3. The monoisotopic (exact) mass is 298 g/mol. The standard InChI is InChI=1S/C14H19FN2O4/c1-9(2)8-21-5-4-16-14(18)12-7-11(17(19)20)6-10(3)13(12)15/h6-7,9H,4-5,8H2,1-3H3,(H,16,18). The average molecular weight is 298 g/mol. The zero-order chi connectivity index (χ0) is 16.0. The lowest BCUT2D eigenvalue weighted by atomic mass is 10.1. The van der Waals surface area contributed by atoms with Crippen LogP contribution in [0, 0.1) is 28.8 Å². The lowest BCUT2D eigenvalue weighted by Crippen LogP contribution is -2.28. The molecule has 1 amide bonds. The normalized spacial score (nSPS) is 10.7. The highest BCUT2D eigenvalue weighted by atomic mass is 19.1. The van der Waals surface area contributed by atoms with Crippen LogP contribution in [0.3, 0.4) is 0 Å². The molecule has 0 aliphatic carbocycles. The molecule has 0 aliphatic heterocycles. The van der Waals surface area contributed by atoms with Crippen LogP contribution in [0.2, 0.25) is 0 Å². The molecule has 0 fully saturated rings. The number of halogens is 1. The quantitative estimate of drug-likeness (QED) is 0.476. The summed E-state index contributed by atoms with van der Waals surface area (Å²) in [6, 6.07) is 2.03. The number of nitrogens with one attached hydrogen (secondary N) is 1. The largest absolute Gasteiger partial charge is 0.379 e. The van der Waals surface area contributed by atoms with Gasteiger partial charge in [0, 0.05) is 25.3 Å². The van der Waals surface area contributed by atoms with Crippen molar-refractivity contribution in [3.8, 4) is 0 Å². The fourth-order valence-electron chi connectivity index (χ4n) is 1.67. The van der Waals surface area contributed by atoms with E-state index in [4.69, 9.17) is 4.74 Å². The number of rotatable bonds is 7. The maximum Gasteiger partial charge on any atom is 0.270 e. The third-order valence-electron chi connectivity index (χ3n) is 2.68. The number of benzene rings is 1. The molecule has 116 valence electrons. The predicted molar refractivity (Wildman–Crippen MR) is 75.8 cm³/mol. The van der Waals surface area contributed by atoms with E-state index in [9.17, 15) is 19.3 Å². The molecule has 0 saturated carbocycles. The van der Waals surface area contributed by atoms with Crippen molar-refractivity contribution in [3.63, 3.8) is 0 Å². The van der Waals surface area contributed by atoms with Crippen LogP contribution in [0.4, 0.5) is 10.1 Å². The van der Waals surface area contributed by atoms with Gasteiger partial charge in [-0.2, -0.15) is 0 Å². The van der Waals surface area contributed by atoms with Crippen molar-refractivity contribution in [1.82, 2.24) is 5.32 Å². The number of aryl methyl sites for hydroxylation is 1. The van der Waals surface area contributed by atoms with Crippen LogP contribution in [0.1, 0.15) is 29.8 Å². The minimum absolute atomic E-state index is 0.0606. The number of hydrogen-bond acceptors (Lipinski definition) is 4. The number of carbonyl (C=O) groups excluding carboxylic acids is 1. The topological polar surface area (TPSA) is 81.5 Å². The summed E-state index contributed by atoms with van der Waals surface area (Å²) < 4.78 is 19.1. The van der Waals surface area contributed by atoms with Gasteiger partial charge < -0.3 is 10.1 Å². The van der Waals surface area contributed by atoms with Crippen molar-refractivity contribution in [2.45, 2.75) is 20.8 Å². The Kier molecular flexibility index (Phi) is 6.23. The molecule has 1 N–H and O–H groups in total. The molecular weight excluding hydrogens is 279 g/mol. The summed E-state index contributed by atoms with van der Waals surface area (Å²) in [4.78, 5) is 21.9. The van der Waals surface area contributed by atoms with E-state index in [0.717, 1.165) is 12.1 Å². The second-order valence-corrected chi connectivity index (χ2v) is 5.11. The molecule has 0 unspecified atom stereocenters. The molecule has 21 heavy (non-hydrogen) atoms. The molecule has 1 aromatic carbocycles. The van der Waals surface area contributed by atoms with Gasteiger partial charge in [0.05, 0.1) is 17.1 Å². The average Bonchev–Trinajstić information content (AvgIpc) is 2.40. The molecule has 0 atom stereocenters. The lowest BCUT2D eigenvalue weighted by molar-refractivity contribution is -0.385. The molecular formula is C14H19FN2O4. The summed E-state index contributed by atoms with van der Waals surface area (Å²) in [7, 11) is 0. The number of amides is 1. The third kappa shape index (κ3) is 5.11. The fourth-order valence-corrected chi connectivity index (χ4v) is 1.67. The van der Waals surface area contributed by atoms with E-state index in [1.54, 1.807) is 0 Å². The smallest absolute Gasteiger partial charge is 0.270 e. The van der Waals surface area contributed by atoms with E-state index < -0.39 is 16.6 Å². The van der Waals surface area contributed by atoms with Gasteiger partial charge in [-0.25, -0.2) is 4.39 Å². The Morgan fingerprint density at radius 3 is 2.71 bits per heavy atom. The summed E-state index contributed by atoms with van der Waals surface area (Å²) in [6.45, 7) is 6.47. The molecule has 0 saturated heterocycles. The highest BCUT2D eigenvalue weighted by molar-refractivity contribution is 5.95. The van der Waals surface area contributed by atoms with E-state index in [1.165, 1.54) is 6.92 Å². The Morgan fingerprint density at radius 2 is 2.14 bits per heavy atom. The number of nitro benzene ring substituents is 1. The molecule has 7 heteroatoms. The molecule has 6 nitrogen and oxygen atoms in total. The fraction of sp³-hybridized carbons (Fsp3) is 0.500. The van der Waals surface area contributed by atoms with Crippen LogP contribution in [-0.2, 0) is 4.74 Å². The van der Waals surface area contributed by atoms with E-state index in [1.807, 2.05) is 13.8 Å². The lowest BCUT2D eigenvalue weighted by Gasteiger charge is -2.09. The van der Waals surface area contributed by atoms with E-state index >= 15 is 0 Å². The van der Waals surface area contributed by atoms with Crippen LogP contribution in [-0.4, -0.2) is 30.6 Å². The van der Waals surface area contributed by atoms with Gasteiger partial charge in [-0.15, -0.1) is 0 Å². The van der Waals surface area contributed by atoms with Gasteiger partial charge in [0.2, 0.25) is 0 Å². The third-order valence-corrected chi connectivity index (χ3v) is 2.68. The molecule has 1 aromatic rings. The van der Waals surface area contributed by atoms with Crippen molar-refractivity contribution < 1.29 is 18.8 Å². The number of hydrogen-bond donors (Lipinski definition) is 1. The Hall–Kier alpha value is -2.02. The number of non-ortho nitro benzene ring substituents is 1. The summed E-state index contributed by atoms with van der Waals surface area (Å²) >= 11 is 0. The molecule has 0 aromatic heterocycles. The minimum Gasteiger partial charge on any atom is -0.379 e. The second-order valence-electron chi connectivity index (χ2n) is 5.11. The highest BCUT2D eigenvalue weighted by Crippen LogP contribution is 2.20. The molecule has 0 heterocycles. The number of ether oxygens (including phenoxy) is 1. The molecule has 0 radical (unpaired) electrons. The molecule has 0 aliphatic rings. The van der Waals surface area contributed by atoms with Gasteiger partial charge in [0.15, 0.2) is 0 Å². The van der Waals surface area contributed by atoms with Crippen LogP contribution in [0.15, 0.2) is 12.1 Å².